The highest BCUT2D eigenvalue weighted by Gasteiger charge is 2.22. The Hall–Kier alpha value is -0.620. The average molecular weight is 376 g/mol. The molecule has 1 fully saturated rings. The smallest absolute Gasteiger partial charge is 0.248 e. The minimum Gasteiger partial charge on any atom is -0.375 e. The number of halogens is 2. The minimum absolute atomic E-state index is 0.0758. The molecule has 0 aliphatic carbocycles. The molecule has 1 aromatic rings. The summed E-state index contributed by atoms with van der Waals surface area (Å²) < 4.78 is 5.87. The number of benzene rings is 1. The summed E-state index contributed by atoms with van der Waals surface area (Å²) in [5, 5.41) is 4.29. The van der Waals surface area contributed by atoms with Crippen LogP contribution in [0.2, 0.25) is 5.02 Å². The zero-order valence-electron chi connectivity index (χ0n) is 12.1. The van der Waals surface area contributed by atoms with Crippen LogP contribution in [0.4, 0.5) is 0 Å². The van der Waals surface area contributed by atoms with Gasteiger partial charge in [-0.25, -0.2) is 0 Å². The number of nitrogens with one attached hydrogen (secondary N) is 1. The number of rotatable bonds is 5. The summed E-state index contributed by atoms with van der Waals surface area (Å²) in [5.41, 5.74) is 1.10. The Morgan fingerprint density at radius 3 is 2.81 bits per heavy atom. The molecule has 0 spiro atoms. The monoisotopic (exact) mass is 374 g/mol. The highest BCUT2D eigenvalue weighted by Crippen LogP contribution is 2.21. The lowest BCUT2D eigenvalue weighted by molar-refractivity contribution is -0.136. The molecule has 1 aliphatic rings. The van der Waals surface area contributed by atoms with E-state index in [4.69, 9.17) is 16.3 Å². The molecule has 1 amide bonds. The molecule has 1 saturated heterocycles. The van der Waals surface area contributed by atoms with Crippen LogP contribution in [0.25, 0.3) is 0 Å². The van der Waals surface area contributed by atoms with Crippen LogP contribution < -0.4 is 5.32 Å². The molecule has 2 rings (SSSR count). The van der Waals surface area contributed by atoms with Gasteiger partial charge in [0.1, 0.15) is 6.61 Å². The predicted molar refractivity (Wildman–Crippen MR) is 87.5 cm³/mol. The molecule has 116 valence electrons. The minimum atomic E-state index is 0.0758. The van der Waals surface area contributed by atoms with Crippen LogP contribution in [0.15, 0.2) is 22.7 Å². The molecule has 0 saturated carbocycles. The van der Waals surface area contributed by atoms with Gasteiger partial charge in [-0.1, -0.05) is 33.6 Å². The number of hydrogen-bond acceptors (Lipinski definition) is 3. The Labute approximate surface area is 138 Å². The van der Waals surface area contributed by atoms with Crippen molar-refractivity contribution < 1.29 is 9.53 Å². The molecule has 1 heterocycles. The molecule has 0 aromatic heterocycles. The topological polar surface area (TPSA) is 41.6 Å². The van der Waals surface area contributed by atoms with Gasteiger partial charge < -0.3 is 15.0 Å². The fourth-order valence-electron chi connectivity index (χ4n) is 2.47. The van der Waals surface area contributed by atoms with Gasteiger partial charge in [-0.3, -0.25) is 4.79 Å². The molecule has 0 atom stereocenters. The van der Waals surface area contributed by atoms with Gasteiger partial charge in [0.15, 0.2) is 0 Å². The maximum Gasteiger partial charge on any atom is 0.248 e. The zero-order chi connectivity index (χ0) is 15.2. The average Bonchev–Trinajstić information content (AvgIpc) is 2.47. The van der Waals surface area contributed by atoms with Crippen LogP contribution >= 0.6 is 27.5 Å². The van der Waals surface area contributed by atoms with Crippen LogP contribution in [-0.4, -0.2) is 43.7 Å². The van der Waals surface area contributed by atoms with Crippen LogP contribution in [0.5, 0.6) is 0 Å². The van der Waals surface area contributed by atoms with Gasteiger partial charge in [0.25, 0.3) is 0 Å². The van der Waals surface area contributed by atoms with Crippen molar-refractivity contribution in [3.63, 3.8) is 0 Å². The summed E-state index contributed by atoms with van der Waals surface area (Å²) in [6.07, 6.45) is 1.92. The Balaban J connectivity index is 1.77. The number of nitrogens with zero attached hydrogens (tertiary/aromatic N) is 1. The zero-order valence-corrected chi connectivity index (χ0v) is 14.4. The van der Waals surface area contributed by atoms with Crippen molar-refractivity contribution in [2.75, 3.05) is 26.8 Å². The van der Waals surface area contributed by atoms with E-state index in [2.05, 4.69) is 21.2 Å². The van der Waals surface area contributed by atoms with Crippen LogP contribution in [-0.2, 0) is 16.1 Å². The molecule has 1 aliphatic heterocycles. The first-order chi connectivity index (χ1) is 10.1. The van der Waals surface area contributed by atoms with Crippen molar-refractivity contribution >= 4 is 33.4 Å². The Bertz CT molecular complexity index is 491. The fraction of sp³-hybridized carbons (Fsp3) is 0.533. The highest BCUT2D eigenvalue weighted by molar-refractivity contribution is 9.10. The molecule has 21 heavy (non-hydrogen) atoms. The van der Waals surface area contributed by atoms with Gasteiger partial charge in [0, 0.05) is 42.3 Å². The molecule has 1 N–H and O–H groups in total. The van der Waals surface area contributed by atoms with Gasteiger partial charge in [0.2, 0.25) is 5.91 Å². The number of carbonyl (C=O) groups excluding carboxylic acids is 1. The van der Waals surface area contributed by atoms with E-state index >= 15 is 0 Å². The molecule has 0 unspecified atom stereocenters. The SMILES string of the molecule is COCC(=O)N1CCC(NCc2ccc(Br)cc2Cl)CC1. The van der Waals surface area contributed by atoms with Crippen molar-refractivity contribution in [3.8, 4) is 0 Å². The van der Waals surface area contributed by atoms with Gasteiger partial charge in [-0.05, 0) is 30.5 Å². The molecule has 0 radical (unpaired) electrons. The summed E-state index contributed by atoms with van der Waals surface area (Å²) in [7, 11) is 1.55. The number of amides is 1. The number of ether oxygens (including phenoxy) is 1. The van der Waals surface area contributed by atoms with Gasteiger partial charge in [-0.15, -0.1) is 0 Å². The third kappa shape index (κ3) is 4.95. The second-order valence-electron chi connectivity index (χ2n) is 5.20. The Kier molecular flexibility index (Phi) is 6.48. The standard InChI is InChI=1S/C15H20BrClN2O2/c1-21-10-15(20)19-6-4-13(5-7-19)18-9-11-2-3-12(16)8-14(11)17/h2-3,8,13,18H,4-7,9-10H2,1H3. The lowest BCUT2D eigenvalue weighted by Crippen LogP contribution is -2.45. The first-order valence-corrected chi connectivity index (χ1v) is 8.21. The second-order valence-corrected chi connectivity index (χ2v) is 6.53. The third-order valence-corrected chi connectivity index (χ3v) is 4.56. The Morgan fingerprint density at radius 2 is 2.19 bits per heavy atom. The summed E-state index contributed by atoms with van der Waals surface area (Å²) in [6.45, 7) is 2.50. The normalized spacial score (nSPS) is 16.2. The van der Waals surface area contributed by atoms with Crippen molar-refractivity contribution in [1.29, 1.82) is 0 Å². The van der Waals surface area contributed by atoms with E-state index in [-0.39, 0.29) is 12.5 Å². The van der Waals surface area contributed by atoms with Gasteiger partial charge in [-0.2, -0.15) is 0 Å². The van der Waals surface area contributed by atoms with Crippen molar-refractivity contribution in [1.82, 2.24) is 10.2 Å². The van der Waals surface area contributed by atoms with Crippen molar-refractivity contribution in [2.45, 2.75) is 25.4 Å². The summed E-state index contributed by atoms with van der Waals surface area (Å²) in [5.74, 6) is 0.0758. The number of likely N-dealkylation sites (tertiary alicyclic amines) is 1. The molecule has 1 aromatic carbocycles. The predicted octanol–water partition coefficient (Wildman–Crippen LogP) is 2.83. The van der Waals surface area contributed by atoms with E-state index in [1.54, 1.807) is 7.11 Å². The van der Waals surface area contributed by atoms with Crippen molar-refractivity contribution in [2.24, 2.45) is 0 Å². The summed E-state index contributed by atoms with van der Waals surface area (Å²) in [6, 6.07) is 6.35. The first kappa shape index (κ1) is 16.7. The molecule has 4 nitrogen and oxygen atoms in total. The quantitative estimate of drug-likeness (QED) is 0.860. The lowest BCUT2D eigenvalue weighted by Gasteiger charge is -2.32. The first-order valence-electron chi connectivity index (χ1n) is 7.04. The van der Waals surface area contributed by atoms with E-state index in [1.165, 1.54) is 0 Å². The largest absolute Gasteiger partial charge is 0.375 e. The van der Waals surface area contributed by atoms with Gasteiger partial charge >= 0.3 is 0 Å². The molecular weight excluding hydrogens is 356 g/mol. The van der Waals surface area contributed by atoms with Crippen LogP contribution in [0.1, 0.15) is 18.4 Å². The van der Waals surface area contributed by atoms with Crippen LogP contribution in [0.3, 0.4) is 0 Å². The molecular formula is C15H20BrClN2O2. The molecule has 6 heteroatoms. The number of methoxy groups -OCH3 is 1. The third-order valence-electron chi connectivity index (χ3n) is 3.71. The molecule has 0 bridgehead atoms. The van der Waals surface area contributed by atoms with Crippen molar-refractivity contribution in [3.05, 3.63) is 33.3 Å². The number of hydrogen-bond donors (Lipinski definition) is 1. The van der Waals surface area contributed by atoms with E-state index < -0.39 is 0 Å². The summed E-state index contributed by atoms with van der Waals surface area (Å²) in [4.78, 5) is 13.6. The maximum atomic E-state index is 11.7. The Morgan fingerprint density at radius 1 is 1.48 bits per heavy atom. The number of piperidine rings is 1. The second kappa shape index (κ2) is 8.13. The lowest BCUT2D eigenvalue weighted by atomic mass is 10.0. The fourth-order valence-corrected chi connectivity index (χ4v) is 3.21. The van der Waals surface area contributed by atoms with E-state index in [0.717, 1.165) is 47.5 Å². The van der Waals surface area contributed by atoms with E-state index in [9.17, 15) is 4.79 Å². The van der Waals surface area contributed by atoms with Crippen LogP contribution in [0, 0.1) is 0 Å². The number of carbonyl (C=O) groups is 1. The van der Waals surface area contributed by atoms with Gasteiger partial charge in [0.05, 0.1) is 0 Å². The maximum absolute atomic E-state index is 11.7. The summed E-state index contributed by atoms with van der Waals surface area (Å²) >= 11 is 9.61. The van der Waals surface area contributed by atoms with E-state index in [1.807, 2.05) is 23.1 Å². The highest BCUT2D eigenvalue weighted by atomic mass is 79.9. The van der Waals surface area contributed by atoms with E-state index in [0.29, 0.717) is 6.04 Å².